The van der Waals surface area contributed by atoms with Gasteiger partial charge in [0, 0.05) is 6.07 Å². The van der Waals surface area contributed by atoms with Crippen molar-refractivity contribution in [2.75, 3.05) is 7.11 Å². The van der Waals surface area contributed by atoms with Crippen molar-refractivity contribution in [1.29, 1.82) is 0 Å². The lowest BCUT2D eigenvalue weighted by molar-refractivity contribution is -0.385. The van der Waals surface area contributed by atoms with Crippen LogP contribution in [0.15, 0.2) is 12.1 Å². The van der Waals surface area contributed by atoms with Gasteiger partial charge in [0.15, 0.2) is 0 Å². The molecule has 0 aliphatic rings. The van der Waals surface area contributed by atoms with Gasteiger partial charge in [-0.2, -0.15) is 0 Å². The van der Waals surface area contributed by atoms with Gasteiger partial charge in [-0.05, 0) is 6.07 Å². The summed E-state index contributed by atoms with van der Waals surface area (Å²) in [7, 11) is 1.35. The minimum absolute atomic E-state index is 0.156. The van der Waals surface area contributed by atoms with Crippen LogP contribution in [-0.4, -0.2) is 17.1 Å². The Kier molecular flexibility index (Phi) is 2.57. The Hall–Kier alpha value is -1.49. The molecular weight excluding hydrogens is 198 g/mol. The van der Waals surface area contributed by atoms with E-state index in [0.29, 0.717) is 0 Å². The number of rotatable bonds is 2. The van der Waals surface area contributed by atoms with Gasteiger partial charge in [0.25, 0.3) is 0 Å². The van der Waals surface area contributed by atoms with Crippen LogP contribution < -0.4 is 4.74 Å². The maximum absolute atomic E-state index is 10.3. The van der Waals surface area contributed by atoms with E-state index in [0.717, 1.165) is 6.07 Å². The quantitative estimate of drug-likeness (QED) is 0.589. The van der Waals surface area contributed by atoms with Crippen LogP contribution in [0.4, 0.5) is 5.69 Å². The first-order valence-electron chi connectivity index (χ1n) is 3.27. The molecule has 0 aliphatic carbocycles. The summed E-state index contributed by atoms with van der Waals surface area (Å²) in [5, 5.41) is 19.4. The maximum atomic E-state index is 10.3. The van der Waals surface area contributed by atoms with E-state index in [4.69, 9.17) is 16.3 Å². The van der Waals surface area contributed by atoms with Crippen LogP contribution in [0.25, 0.3) is 0 Å². The second-order valence-electron chi connectivity index (χ2n) is 2.21. The first-order valence-corrected chi connectivity index (χ1v) is 3.65. The minimum Gasteiger partial charge on any atom is -0.501 e. The van der Waals surface area contributed by atoms with E-state index in [-0.39, 0.29) is 10.8 Å². The first-order chi connectivity index (χ1) is 6.07. The van der Waals surface area contributed by atoms with E-state index >= 15 is 0 Å². The van der Waals surface area contributed by atoms with Gasteiger partial charge in [-0.25, -0.2) is 0 Å². The fourth-order valence-corrected chi connectivity index (χ4v) is 1.08. The summed E-state index contributed by atoms with van der Waals surface area (Å²) in [5.74, 6) is -0.379. The second kappa shape index (κ2) is 3.49. The fraction of sp³-hybridized carbons (Fsp3) is 0.143. The van der Waals surface area contributed by atoms with Crippen molar-refractivity contribution in [3.05, 3.63) is 27.3 Å². The van der Waals surface area contributed by atoms with Gasteiger partial charge in [0.05, 0.1) is 12.0 Å². The van der Waals surface area contributed by atoms with Crippen molar-refractivity contribution in [2.24, 2.45) is 0 Å². The predicted molar refractivity (Wildman–Crippen MR) is 46.3 cm³/mol. The zero-order valence-corrected chi connectivity index (χ0v) is 7.41. The number of hydrogen-bond donors (Lipinski definition) is 1. The Morgan fingerprint density at radius 1 is 1.62 bits per heavy atom. The molecule has 0 saturated heterocycles. The standard InChI is InChI=1S/C7H6ClNO4/c1-13-5-3-2-4(9(11)12)7(10)6(5)8/h2-3,10H,1H3. The molecule has 0 aliphatic heterocycles. The Balaban J connectivity index is 3.31. The summed E-state index contributed by atoms with van der Waals surface area (Å²) < 4.78 is 4.75. The van der Waals surface area contributed by atoms with Crippen LogP contribution in [0.1, 0.15) is 0 Å². The first kappa shape index (κ1) is 9.60. The molecule has 0 amide bonds. The van der Waals surface area contributed by atoms with Gasteiger partial charge in [-0.3, -0.25) is 10.1 Å². The molecule has 0 spiro atoms. The molecule has 70 valence electrons. The zero-order valence-electron chi connectivity index (χ0n) is 6.65. The molecule has 6 heteroatoms. The molecule has 0 bridgehead atoms. The Labute approximate surface area is 78.7 Å². The van der Waals surface area contributed by atoms with Crippen molar-refractivity contribution in [3.63, 3.8) is 0 Å². The fourth-order valence-electron chi connectivity index (χ4n) is 0.841. The molecule has 1 aromatic carbocycles. The van der Waals surface area contributed by atoms with Gasteiger partial charge in [0.1, 0.15) is 10.8 Å². The molecule has 5 nitrogen and oxygen atoms in total. The van der Waals surface area contributed by atoms with Crippen molar-refractivity contribution >= 4 is 17.3 Å². The van der Waals surface area contributed by atoms with Crippen molar-refractivity contribution in [1.82, 2.24) is 0 Å². The van der Waals surface area contributed by atoms with Crippen LogP contribution in [-0.2, 0) is 0 Å². The highest BCUT2D eigenvalue weighted by molar-refractivity contribution is 6.33. The summed E-state index contributed by atoms with van der Waals surface area (Å²) >= 11 is 5.56. The number of benzene rings is 1. The minimum atomic E-state index is -0.722. The monoisotopic (exact) mass is 203 g/mol. The molecule has 1 rings (SSSR count). The summed E-state index contributed by atoms with van der Waals surface area (Å²) in [5.41, 5.74) is -0.439. The topological polar surface area (TPSA) is 72.6 Å². The van der Waals surface area contributed by atoms with Crippen LogP contribution in [0.5, 0.6) is 11.5 Å². The van der Waals surface area contributed by atoms with Gasteiger partial charge < -0.3 is 9.84 Å². The Morgan fingerprint density at radius 3 is 2.69 bits per heavy atom. The number of methoxy groups -OCH3 is 1. The highest BCUT2D eigenvalue weighted by Gasteiger charge is 2.19. The number of nitro benzene ring substituents is 1. The third kappa shape index (κ3) is 1.65. The number of nitro groups is 1. The van der Waals surface area contributed by atoms with E-state index < -0.39 is 16.4 Å². The molecular formula is C7H6ClNO4. The zero-order chi connectivity index (χ0) is 10.0. The Morgan fingerprint density at radius 2 is 2.23 bits per heavy atom. The molecule has 0 heterocycles. The van der Waals surface area contributed by atoms with Crippen molar-refractivity contribution in [3.8, 4) is 11.5 Å². The van der Waals surface area contributed by atoms with Crippen LogP contribution in [0.2, 0.25) is 5.02 Å². The average Bonchev–Trinajstić information content (AvgIpc) is 2.09. The molecule has 0 fully saturated rings. The largest absolute Gasteiger partial charge is 0.501 e. The number of phenols is 1. The van der Waals surface area contributed by atoms with E-state index in [1.807, 2.05) is 0 Å². The molecule has 13 heavy (non-hydrogen) atoms. The van der Waals surface area contributed by atoms with E-state index in [1.165, 1.54) is 13.2 Å². The average molecular weight is 204 g/mol. The van der Waals surface area contributed by atoms with E-state index in [1.54, 1.807) is 0 Å². The lowest BCUT2D eigenvalue weighted by atomic mass is 10.3. The predicted octanol–water partition coefficient (Wildman–Crippen LogP) is 1.96. The smallest absolute Gasteiger partial charge is 0.312 e. The van der Waals surface area contributed by atoms with Gasteiger partial charge in [0.2, 0.25) is 5.75 Å². The molecule has 0 unspecified atom stereocenters. The second-order valence-corrected chi connectivity index (χ2v) is 2.58. The number of halogens is 1. The summed E-state index contributed by atoms with van der Waals surface area (Å²) in [6, 6.07) is 2.44. The maximum Gasteiger partial charge on any atom is 0.312 e. The summed E-state index contributed by atoms with van der Waals surface area (Å²) in [6.45, 7) is 0. The highest BCUT2D eigenvalue weighted by atomic mass is 35.5. The summed E-state index contributed by atoms with van der Waals surface area (Å²) in [4.78, 5) is 9.60. The van der Waals surface area contributed by atoms with Crippen LogP contribution in [0.3, 0.4) is 0 Å². The Bertz CT molecular complexity index is 353. The SMILES string of the molecule is COc1ccc([N+](=O)[O-])c(O)c1Cl. The highest BCUT2D eigenvalue weighted by Crippen LogP contribution is 2.39. The number of hydrogen-bond acceptors (Lipinski definition) is 4. The number of nitrogens with zero attached hydrogens (tertiary/aromatic N) is 1. The molecule has 1 aromatic rings. The number of aromatic hydroxyl groups is 1. The third-order valence-electron chi connectivity index (χ3n) is 1.48. The lowest BCUT2D eigenvalue weighted by Gasteiger charge is -2.03. The molecule has 0 saturated carbocycles. The van der Waals surface area contributed by atoms with Gasteiger partial charge in [-0.15, -0.1) is 0 Å². The normalized spacial score (nSPS) is 9.69. The third-order valence-corrected chi connectivity index (χ3v) is 1.84. The van der Waals surface area contributed by atoms with E-state index in [9.17, 15) is 15.2 Å². The lowest BCUT2D eigenvalue weighted by Crippen LogP contribution is -1.91. The van der Waals surface area contributed by atoms with Crippen LogP contribution >= 0.6 is 11.6 Å². The number of phenolic OH excluding ortho intramolecular Hbond substituents is 1. The molecule has 0 aromatic heterocycles. The molecule has 1 N–H and O–H groups in total. The molecule has 0 radical (unpaired) electrons. The van der Waals surface area contributed by atoms with Crippen molar-refractivity contribution in [2.45, 2.75) is 0 Å². The van der Waals surface area contributed by atoms with Crippen molar-refractivity contribution < 1.29 is 14.8 Å². The number of ether oxygens (including phenoxy) is 1. The van der Waals surface area contributed by atoms with Crippen LogP contribution in [0, 0.1) is 10.1 Å². The summed E-state index contributed by atoms with van der Waals surface area (Å²) in [6.07, 6.45) is 0. The van der Waals surface area contributed by atoms with Gasteiger partial charge >= 0.3 is 5.69 Å². The molecule has 0 atom stereocenters. The van der Waals surface area contributed by atoms with E-state index in [2.05, 4.69) is 0 Å². The van der Waals surface area contributed by atoms with Gasteiger partial charge in [-0.1, -0.05) is 11.6 Å².